The second kappa shape index (κ2) is 9.31. The molecule has 0 N–H and O–H groups in total. The third kappa shape index (κ3) is 5.71. The van der Waals surface area contributed by atoms with Gasteiger partial charge in [0.05, 0.1) is 11.6 Å². The van der Waals surface area contributed by atoms with E-state index in [0.717, 1.165) is 11.1 Å². The molecule has 10 heteroatoms. The Kier molecular flexibility index (Phi) is 7.00. The zero-order valence-corrected chi connectivity index (χ0v) is 18.7. The lowest BCUT2D eigenvalue weighted by atomic mass is 9.93. The van der Waals surface area contributed by atoms with Crippen molar-refractivity contribution in [2.24, 2.45) is 0 Å². The highest BCUT2D eigenvalue weighted by Gasteiger charge is 2.39. The number of halogens is 7. The van der Waals surface area contributed by atoms with E-state index >= 15 is 0 Å². The third-order valence-corrected chi connectivity index (χ3v) is 5.70. The van der Waals surface area contributed by atoms with Crippen LogP contribution in [0.5, 0.6) is 0 Å². The molecule has 0 spiro atoms. The van der Waals surface area contributed by atoms with Gasteiger partial charge in [0, 0.05) is 13.6 Å². The maximum absolute atomic E-state index is 13.9. The molecule has 3 nitrogen and oxygen atoms in total. The van der Waals surface area contributed by atoms with Gasteiger partial charge in [-0.05, 0) is 60.2 Å². The smallest absolute Gasteiger partial charge is 0.283 e. The molecule has 1 atom stereocenters. The fraction of sp³-hybridized carbons (Fsp3) is 0.375. The molecule has 1 aliphatic rings. The average Bonchev–Trinajstić information content (AvgIpc) is 3.12. The van der Waals surface area contributed by atoms with E-state index < -0.39 is 36.4 Å². The van der Waals surface area contributed by atoms with E-state index in [1.165, 1.54) is 50.2 Å². The number of anilines is 1. The Morgan fingerprint density at radius 2 is 1.71 bits per heavy atom. The second-order valence-electron chi connectivity index (χ2n) is 8.32. The number of nitrogens with zero attached hydrogens (tertiary/aromatic N) is 2. The van der Waals surface area contributed by atoms with Gasteiger partial charge in [-0.15, -0.1) is 0 Å². The van der Waals surface area contributed by atoms with Crippen LogP contribution >= 0.6 is 0 Å². The molecule has 0 bridgehead atoms. The molecule has 0 saturated heterocycles. The van der Waals surface area contributed by atoms with Gasteiger partial charge in [0.15, 0.2) is 0 Å². The number of carbonyl (C=O) groups is 1. The predicted octanol–water partition coefficient (Wildman–Crippen LogP) is 6.49. The van der Waals surface area contributed by atoms with Gasteiger partial charge in [-0.2, -0.15) is 26.3 Å². The molecule has 0 fully saturated rings. The van der Waals surface area contributed by atoms with E-state index in [1.807, 2.05) is 0 Å². The number of rotatable bonds is 5. The number of aryl methyl sites for hydroxylation is 2. The van der Waals surface area contributed by atoms with Crippen LogP contribution in [0.2, 0.25) is 0 Å². The SMILES string of the molecule is Cc1cc(C(/C=C/c2ccc3c(c2)CCN3N(C)C(=O)CC(F)(F)F)C(F)(F)F)cc(C)c1F. The molecule has 1 amide bonds. The summed E-state index contributed by atoms with van der Waals surface area (Å²) < 4.78 is 92.8. The minimum atomic E-state index is -4.63. The summed E-state index contributed by atoms with van der Waals surface area (Å²) in [5.74, 6) is -3.60. The van der Waals surface area contributed by atoms with E-state index in [-0.39, 0.29) is 23.2 Å². The highest BCUT2D eigenvalue weighted by atomic mass is 19.4. The number of amides is 1. The number of hydrogen-bond acceptors (Lipinski definition) is 2. The number of fused-ring (bicyclic) bond motifs is 1. The van der Waals surface area contributed by atoms with Gasteiger partial charge in [-0.25, -0.2) is 4.39 Å². The summed E-state index contributed by atoms with van der Waals surface area (Å²) in [4.78, 5) is 11.9. The highest BCUT2D eigenvalue weighted by Crippen LogP contribution is 2.38. The first kappa shape index (κ1) is 25.6. The number of hydrogen-bond donors (Lipinski definition) is 0. The monoisotopic (exact) mass is 488 g/mol. The van der Waals surface area contributed by atoms with E-state index in [4.69, 9.17) is 0 Å². The van der Waals surface area contributed by atoms with Crippen LogP contribution in [-0.2, 0) is 11.2 Å². The first-order valence-corrected chi connectivity index (χ1v) is 10.4. The quantitative estimate of drug-likeness (QED) is 0.449. The molecule has 0 radical (unpaired) electrons. The largest absolute Gasteiger partial charge is 0.399 e. The van der Waals surface area contributed by atoms with Gasteiger partial charge in [0.1, 0.15) is 12.2 Å². The van der Waals surface area contributed by atoms with Gasteiger partial charge < -0.3 is 0 Å². The fourth-order valence-corrected chi connectivity index (χ4v) is 4.02. The normalized spacial score (nSPS) is 15.1. The lowest BCUT2D eigenvalue weighted by molar-refractivity contribution is -0.160. The van der Waals surface area contributed by atoms with Crippen LogP contribution in [-0.4, -0.2) is 36.9 Å². The Bertz CT molecular complexity index is 1080. The van der Waals surface area contributed by atoms with Gasteiger partial charge in [-0.3, -0.25) is 14.8 Å². The van der Waals surface area contributed by atoms with Gasteiger partial charge in [-0.1, -0.05) is 30.4 Å². The number of carbonyl (C=O) groups excluding carboxylic acids is 1. The van der Waals surface area contributed by atoms with Crippen molar-refractivity contribution < 1.29 is 35.5 Å². The van der Waals surface area contributed by atoms with Crippen molar-refractivity contribution in [3.05, 3.63) is 70.0 Å². The number of alkyl halides is 6. The maximum Gasteiger partial charge on any atom is 0.399 e. The molecule has 2 aromatic rings. The van der Waals surface area contributed by atoms with Crippen molar-refractivity contribution in [1.82, 2.24) is 5.01 Å². The van der Waals surface area contributed by atoms with Crippen LogP contribution in [0.4, 0.5) is 36.4 Å². The van der Waals surface area contributed by atoms with E-state index in [2.05, 4.69) is 0 Å². The predicted molar refractivity (Wildman–Crippen MR) is 115 cm³/mol. The van der Waals surface area contributed by atoms with E-state index in [9.17, 15) is 35.5 Å². The van der Waals surface area contributed by atoms with Crippen molar-refractivity contribution in [2.45, 2.75) is 45.0 Å². The molecule has 34 heavy (non-hydrogen) atoms. The lowest BCUT2D eigenvalue weighted by Gasteiger charge is -2.30. The molecular weight excluding hydrogens is 465 g/mol. The molecule has 0 saturated carbocycles. The standard InChI is InChI=1S/C24H23F7N2O/c1-14-10-18(11-15(2)22(14)25)19(24(29,30)31)6-4-16-5-7-20-17(12-16)8-9-33(20)32(3)21(34)13-23(26,27)28/h4-7,10-12,19H,8-9,13H2,1-3H3/b6-4+. The summed E-state index contributed by atoms with van der Waals surface area (Å²) >= 11 is 0. The topological polar surface area (TPSA) is 23.6 Å². The van der Waals surface area contributed by atoms with E-state index in [1.54, 1.807) is 12.1 Å². The second-order valence-corrected chi connectivity index (χ2v) is 8.32. The number of benzene rings is 2. The Morgan fingerprint density at radius 1 is 1.09 bits per heavy atom. The summed E-state index contributed by atoms with van der Waals surface area (Å²) in [5, 5.41) is 2.33. The number of allylic oxidation sites excluding steroid dienone is 1. The van der Waals surface area contributed by atoms with Crippen molar-refractivity contribution >= 4 is 17.7 Å². The van der Waals surface area contributed by atoms with E-state index in [0.29, 0.717) is 23.2 Å². The third-order valence-electron chi connectivity index (χ3n) is 5.70. The van der Waals surface area contributed by atoms with Gasteiger partial charge >= 0.3 is 12.4 Å². The maximum atomic E-state index is 13.9. The lowest BCUT2D eigenvalue weighted by Crippen LogP contribution is -2.44. The van der Waals surface area contributed by atoms with Crippen LogP contribution < -0.4 is 5.01 Å². The highest BCUT2D eigenvalue weighted by molar-refractivity contribution is 5.79. The first-order chi connectivity index (χ1) is 15.7. The van der Waals surface area contributed by atoms with Gasteiger partial charge in [0.25, 0.3) is 0 Å². The van der Waals surface area contributed by atoms with Crippen LogP contribution in [0.1, 0.15) is 40.2 Å². The fourth-order valence-electron chi connectivity index (χ4n) is 4.02. The van der Waals surface area contributed by atoms with Crippen molar-refractivity contribution in [1.29, 1.82) is 0 Å². The minimum Gasteiger partial charge on any atom is -0.283 e. The van der Waals surface area contributed by atoms with Crippen molar-refractivity contribution in [2.75, 3.05) is 18.6 Å². The molecule has 184 valence electrons. The zero-order valence-electron chi connectivity index (χ0n) is 18.7. The Morgan fingerprint density at radius 3 is 2.26 bits per heavy atom. The van der Waals surface area contributed by atoms with Crippen LogP contribution in [0.15, 0.2) is 36.4 Å². The molecule has 3 rings (SSSR count). The van der Waals surface area contributed by atoms with Gasteiger partial charge in [0.2, 0.25) is 5.91 Å². The number of hydrazine groups is 1. The van der Waals surface area contributed by atoms with Crippen molar-refractivity contribution in [3.8, 4) is 0 Å². The average molecular weight is 488 g/mol. The summed E-state index contributed by atoms with van der Waals surface area (Å²) in [6.45, 7) is 3.08. The molecular formula is C24H23F7N2O. The summed E-state index contributed by atoms with van der Waals surface area (Å²) in [6.07, 6.45) is -8.08. The zero-order chi connectivity index (χ0) is 25.4. The van der Waals surface area contributed by atoms with Crippen LogP contribution in [0.25, 0.3) is 6.08 Å². The minimum absolute atomic E-state index is 0.0720. The molecule has 0 aromatic heterocycles. The van der Waals surface area contributed by atoms with Crippen LogP contribution in [0.3, 0.4) is 0 Å². The Labute approximate surface area is 192 Å². The molecule has 1 heterocycles. The molecule has 1 unspecified atom stereocenters. The molecule has 2 aromatic carbocycles. The summed E-state index contributed by atoms with van der Waals surface area (Å²) in [6, 6.07) is 7.10. The Hall–Kier alpha value is -3.04. The summed E-state index contributed by atoms with van der Waals surface area (Å²) in [7, 11) is 1.25. The Balaban J connectivity index is 1.84. The molecule has 1 aliphatic heterocycles. The van der Waals surface area contributed by atoms with Crippen molar-refractivity contribution in [3.63, 3.8) is 0 Å². The molecule has 0 aliphatic carbocycles. The van der Waals surface area contributed by atoms with Crippen LogP contribution in [0, 0.1) is 19.7 Å². The first-order valence-electron chi connectivity index (χ1n) is 10.4. The summed E-state index contributed by atoms with van der Waals surface area (Å²) in [5.41, 5.74) is 1.86.